The number of aromatic nitrogens is 4. The fourth-order valence-electron chi connectivity index (χ4n) is 3.92. The van der Waals surface area contributed by atoms with Crippen molar-refractivity contribution >= 4 is 30.1 Å². The van der Waals surface area contributed by atoms with Gasteiger partial charge in [0.15, 0.2) is 0 Å². The van der Waals surface area contributed by atoms with E-state index >= 15 is 0 Å². The Kier molecular flexibility index (Phi) is 3.15. The summed E-state index contributed by atoms with van der Waals surface area (Å²) >= 11 is 0. The van der Waals surface area contributed by atoms with Crippen LogP contribution in [-0.4, -0.2) is 28.0 Å². The molecule has 3 aromatic heterocycles. The van der Waals surface area contributed by atoms with Gasteiger partial charge >= 0.3 is 0 Å². The molecular weight excluding hydrogens is 288 g/mol. The first-order valence-corrected chi connectivity index (χ1v) is 11.9. The van der Waals surface area contributed by atoms with E-state index in [0.717, 1.165) is 27.6 Å². The summed E-state index contributed by atoms with van der Waals surface area (Å²) in [4.78, 5) is 16.1. The molecule has 0 bridgehead atoms. The number of hydrogen-bond acceptors (Lipinski definition) is 2. The SMILES string of the molecule is C[Si](C)(C)C1CCC(c2nc3c(cnc4[nH]ccc43)[nH]2)CC1. The van der Waals surface area contributed by atoms with E-state index in [4.69, 9.17) is 4.98 Å². The van der Waals surface area contributed by atoms with E-state index in [1.807, 2.05) is 12.4 Å². The summed E-state index contributed by atoms with van der Waals surface area (Å²) in [6.07, 6.45) is 9.13. The van der Waals surface area contributed by atoms with Crippen LogP contribution in [0.5, 0.6) is 0 Å². The topological polar surface area (TPSA) is 57.4 Å². The number of rotatable bonds is 2. The van der Waals surface area contributed by atoms with Crippen LogP contribution in [0.1, 0.15) is 37.4 Å². The van der Waals surface area contributed by atoms with Crippen molar-refractivity contribution in [3.8, 4) is 0 Å². The van der Waals surface area contributed by atoms with Crippen LogP contribution in [0.4, 0.5) is 0 Å². The maximum atomic E-state index is 4.92. The molecule has 1 saturated carbocycles. The smallest absolute Gasteiger partial charge is 0.139 e. The molecule has 0 saturated heterocycles. The van der Waals surface area contributed by atoms with Crippen molar-refractivity contribution in [3.63, 3.8) is 0 Å². The molecule has 0 atom stereocenters. The average Bonchev–Trinajstić information content (AvgIpc) is 3.12. The molecule has 0 spiro atoms. The number of aromatic amines is 2. The van der Waals surface area contributed by atoms with Gasteiger partial charge < -0.3 is 9.97 Å². The van der Waals surface area contributed by atoms with Crippen LogP contribution in [0, 0.1) is 0 Å². The van der Waals surface area contributed by atoms with Gasteiger partial charge in [0.25, 0.3) is 0 Å². The van der Waals surface area contributed by atoms with Gasteiger partial charge in [0.2, 0.25) is 0 Å². The van der Waals surface area contributed by atoms with Crippen molar-refractivity contribution in [3.05, 3.63) is 24.3 Å². The van der Waals surface area contributed by atoms with Gasteiger partial charge in [-0.2, -0.15) is 0 Å². The molecule has 0 amide bonds. The molecule has 1 aliphatic rings. The van der Waals surface area contributed by atoms with E-state index in [1.165, 1.54) is 31.5 Å². The van der Waals surface area contributed by atoms with E-state index in [2.05, 4.69) is 40.7 Å². The van der Waals surface area contributed by atoms with Crippen LogP contribution >= 0.6 is 0 Å². The lowest BCUT2D eigenvalue weighted by Crippen LogP contribution is -2.31. The van der Waals surface area contributed by atoms with Crippen molar-refractivity contribution in [1.29, 1.82) is 0 Å². The largest absolute Gasteiger partial charge is 0.346 e. The predicted molar refractivity (Wildman–Crippen MR) is 94.1 cm³/mol. The number of nitrogens with zero attached hydrogens (tertiary/aromatic N) is 2. The van der Waals surface area contributed by atoms with E-state index in [0.29, 0.717) is 5.92 Å². The second kappa shape index (κ2) is 4.95. The van der Waals surface area contributed by atoms with Crippen LogP contribution in [0.15, 0.2) is 18.5 Å². The molecule has 0 unspecified atom stereocenters. The number of imidazole rings is 1. The number of nitrogens with one attached hydrogen (secondary N) is 2. The highest BCUT2D eigenvalue weighted by molar-refractivity contribution is 6.77. The molecule has 0 aliphatic heterocycles. The molecule has 4 rings (SSSR count). The van der Waals surface area contributed by atoms with Crippen molar-refractivity contribution in [2.24, 2.45) is 0 Å². The summed E-state index contributed by atoms with van der Waals surface area (Å²) in [7, 11) is -0.991. The highest BCUT2D eigenvalue weighted by atomic mass is 28.3. The van der Waals surface area contributed by atoms with E-state index in [9.17, 15) is 0 Å². The zero-order valence-electron chi connectivity index (χ0n) is 13.6. The van der Waals surface area contributed by atoms with Crippen LogP contribution < -0.4 is 0 Å². The van der Waals surface area contributed by atoms with Gasteiger partial charge in [-0.3, -0.25) is 0 Å². The summed E-state index contributed by atoms with van der Waals surface area (Å²) in [5.74, 6) is 1.76. The minimum absolute atomic E-state index is 0.592. The lowest BCUT2D eigenvalue weighted by atomic mass is 9.88. The fourth-order valence-corrected chi connectivity index (χ4v) is 5.98. The third-order valence-corrected chi connectivity index (χ3v) is 8.42. The Morgan fingerprint density at radius 2 is 1.91 bits per heavy atom. The molecule has 5 heteroatoms. The van der Waals surface area contributed by atoms with Crippen molar-refractivity contribution in [2.75, 3.05) is 0 Å². The molecule has 1 aliphatic carbocycles. The van der Waals surface area contributed by atoms with Gasteiger partial charge in [0, 0.05) is 25.6 Å². The maximum absolute atomic E-state index is 4.92. The summed E-state index contributed by atoms with van der Waals surface area (Å²) < 4.78 is 0. The first-order chi connectivity index (χ1) is 10.5. The molecular formula is C17H24N4Si. The molecule has 2 N–H and O–H groups in total. The van der Waals surface area contributed by atoms with Crippen molar-refractivity contribution in [2.45, 2.75) is 56.8 Å². The molecule has 116 valence electrons. The summed E-state index contributed by atoms with van der Waals surface area (Å²) in [5, 5.41) is 1.12. The third-order valence-electron chi connectivity index (χ3n) is 5.39. The monoisotopic (exact) mass is 312 g/mol. The number of H-pyrrole nitrogens is 2. The first-order valence-electron chi connectivity index (χ1n) is 8.34. The molecule has 22 heavy (non-hydrogen) atoms. The van der Waals surface area contributed by atoms with Gasteiger partial charge in [0.05, 0.1) is 11.7 Å². The fraction of sp³-hybridized carbons (Fsp3) is 0.529. The lowest BCUT2D eigenvalue weighted by Gasteiger charge is -2.35. The van der Waals surface area contributed by atoms with E-state index in [-0.39, 0.29) is 0 Å². The van der Waals surface area contributed by atoms with Gasteiger partial charge in [-0.15, -0.1) is 0 Å². The van der Waals surface area contributed by atoms with E-state index in [1.54, 1.807) is 0 Å². The summed E-state index contributed by atoms with van der Waals surface area (Å²) in [6, 6.07) is 2.07. The average molecular weight is 312 g/mol. The number of hydrogen-bond donors (Lipinski definition) is 2. The molecule has 3 heterocycles. The van der Waals surface area contributed by atoms with Gasteiger partial charge in [-0.05, 0) is 24.4 Å². The van der Waals surface area contributed by atoms with Crippen LogP contribution in [0.2, 0.25) is 25.2 Å². The van der Waals surface area contributed by atoms with Gasteiger partial charge in [0.1, 0.15) is 17.0 Å². The Hall–Kier alpha value is -1.62. The van der Waals surface area contributed by atoms with Crippen LogP contribution in [-0.2, 0) is 0 Å². The molecule has 0 aromatic carbocycles. The first kappa shape index (κ1) is 14.0. The quantitative estimate of drug-likeness (QED) is 0.667. The number of fused-ring (bicyclic) bond motifs is 3. The second-order valence-corrected chi connectivity index (χ2v) is 13.3. The Morgan fingerprint density at radius 1 is 1.14 bits per heavy atom. The van der Waals surface area contributed by atoms with Crippen LogP contribution in [0.3, 0.4) is 0 Å². The Morgan fingerprint density at radius 3 is 2.64 bits per heavy atom. The normalized spacial score (nSPS) is 23.4. The highest BCUT2D eigenvalue weighted by Gasteiger charge is 2.32. The molecule has 0 radical (unpaired) electrons. The molecule has 1 fully saturated rings. The zero-order chi connectivity index (χ0) is 15.3. The van der Waals surface area contributed by atoms with Crippen molar-refractivity contribution < 1.29 is 0 Å². The number of pyridine rings is 1. The molecule has 4 nitrogen and oxygen atoms in total. The molecule has 3 aromatic rings. The zero-order valence-corrected chi connectivity index (χ0v) is 14.6. The predicted octanol–water partition coefficient (Wildman–Crippen LogP) is 4.81. The van der Waals surface area contributed by atoms with Gasteiger partial charge in [-0.25, -0.2) is 9.97 Å². The van der Waals surface area contributed by atoms with Crippen molar-refractivity contribution in [1.82, 2.24) is 19.9 Å². The lowest BCUT2D eigenvalue weighted by molar-refractivity contribution is 0.424. The standard InChI is InChI=1S/C17H24N4Si/c1-22(2,3)12-6-4-11(5-7-12)16-20-14-10-19-17-13(8-9-18-17)15(14)21-16/h8-12H,4-7H2,1-3H3,(H,18,19)(H,20,21). The Bertz CT molecular complexity index is 803. The van der Waals surface area contributed by atoms with Crippen LogP contribution in [0.25, 0.3) is 22.1 Å². The minimum Gasteiger partial charge on any atom is -0.346 e. The minimum atomic E-state index is -0.991. The Balaban J connectivity index is 1.62. The maximum Gasteiger partial charge on any atom is 0.139 e. The Labute approximate surface area is 131 Å². The van der Waals surface area contributed by atoms with E-state index < -0.39 is 8.07 Å². The van der Waals surface area contributed by atoms with Gasteiger partial charge in [-0.1, -0.05) is 32.5 Å². The summed E-state index contributed by atoms with van der Waals surface area (Å²) in [5.41, 5.74) is 4.03. The second-order valence-electron chi connectivity index (χ2n) is 7.80. The third kappa shape index (κ3) is 2.28. The highest BCUT2D eigenvalue weighted by Crippen LogP contribution is 2.42. The summed E-state index contributed by atoms with van der Waals surface area (Å²) in [6.45, 7) is 7.52.